The molecule has 4 aromatic rings. The highest BCUT2D eigenvalue weighted by molar-refractivity contribution is 8.00. The molecule has 0 saturated heterocycles. The molecule has 29 heavy (non-hydrogen) atoms. The number of aromatic nitrogens is 5. The number of hydrogen-bond donors (Lipinski definition) is 1. The fraction of sp³-hybridized carbons (Fsp3) is 0.167. The van der Waals surface area contributed by atoms with Crippen molar-refractivity contribution < 1.29 is 4.79 Å². The maximum Gasteiger partial charge on any atom is 0.262 e. The lowest BCUT2D eigenvalue weighted by atomic mass is 10.2. The molecule has 1 N–H and O–H groups in total. The molecule has 3 heterocycles. The number of carbonyl (C=O) groups is 1. The van der Waals surface area contributed by atoms with Crippen molar-refractivity contribution in [3.05, 3.63) is 56.9 Å². The van der Waals surface area contributed by atoms with E-state index in [4.69, 9.17) is 23.2 Å². The van der Waals surface area contributed by atoms with Gasteiger partial charge in [0, 0.05) is 13.2 Å². The van der Waals surface area contributed by atoms with Crippen LogP contribution in [0, 0.1) is 0 Å². The van der Waals surface area contributed by atoms with Crippen LogP contribution >= 0.6 is 35.0 Å². The van der Waals surface area contributed by atoms with Gasteiger partial charge in [-0.25, -0.2) is 4.98 Å². The van der Waals surface area contributed by atoms with E-state index in [0.717, 1.165) is 0 Å². The Morgan fingerprint density at radius 1 is 1.24 bits per heavy atom. The maximum atomic E-state index is 12.6. The van der Waals surface area contributed by atoms with Gasteiger partial charge in [0.1, 0.15) is 0 Å². The first-order valence-corrected chi connectivity index (χ1v) is 10.1. The van der Waals surface area contributed by atoms with Crippen molar-refractivity contribution in [2.24, 2.45) is 7.05 Å². The van der Waals surface area contributed by atoms with Crippen molar-refractivity contribution in [2.45, 2.75) is 17.3 Å². The zero-order chi connectivity index (χ0) is 20.7. The smallest absolute Gasteiger partial charge is 0.262 e. The number of para-hydroxylation sites is 1. The van der Waals surface area contributed by atoms with Crippen molar-refractivity contribution in [1.82, 2.24) is 24.1 Å². The molecule has 148 valence electrons. The Balaban J connectivity index is 1.67. The normalized spacial score (nSPS) is 12.4. The summed E-state index contributed by atoms with van der Waals surface area (Å²) < 4.78 is 3.19. The third-order valence-corrected chi connectivity index (χ3v) is 5.83. The van der Waals surface area contributed by atoms with Crippen LogP contribution in [-0.2, 0) is 11.8 Å². The molecule has 0 saturated carbocycles. The van der Waals surface area contributed by atoms with Crippen molar-refractivity contribution in [2.75, 3.05) is 5.32 Å². The van der Waals surface area contributed by atoms with Crippen molar-refractivity contribution in [3.8, 4) is 0 Å². The summed E-state index contributed by atoms with van der Waals surface area (Å²) in [4.78, 5) is 29.2. The number of anilines is 1. The first kappa shape index (κ1) is 19.7. The Morgan fingerprint density at radius 3 is 2.76 bits per heavy atom. The number of carbonyl (C=O) groups excluding carboxylic acids is 1. The van der Waals surface area contributed by atoms with Crippen LogP contribution in [-0.4, -0.2) is 35.3 Å². The van der Waals surface area contributed by atoms with E-state index < -0.39 is 5.25 Å². The molecule has 3 aromatic heterocycles. The number of thioether (sulfide) groups is 1. The summed E-state index contributed by atoms with van der Waals surface area (Å²) in [5.41, 5.74) is 0.513. The molecule has 0 aliphatic heterocycles. The van der Waals surface area contributed by atoms with Crippen LogP contribution < -0.4 is 10.9 Å². The predicted molar refractivity (Wildman–Crippen MR) is 114 cm³/mol. The molecule has 0 aliphatic rings. The average molecular weight is 449 g/mol. The molecule has 0 spiro atoms. The summed E-state index contributed by atoms with van der Waals surface area (Å²) in [7, 11) is 1.64. The monoisotopic (exact) mass is 448 g/mol. The Morgan fingerprint density at radius 2 is 2.00 bits per heavy atom. The highest BCUT2D eigenvalue weighted by atomic mass is 35.5. The van der Waals surface area contributed by atoms with E-state index in [1.807, 2.05) is 12.1 Å². The number of nitrogens with zero attached hydrogens (tertiary/aromatic N) is 5. The van der Waals surface area contributed by atoms with E-state index in [2.05, 4.69) is 20.5 Å². The molecule has 8 nitrogen and oxygen atoms in total. The molecule has 0 fully saturated rings. The average Bonchev–Trinajstić information content (AvgIpc) is 3.12. The number of halogens is 2. The Kier molecular flexibility index (Phi) is 5.20. The summed E-state index contributed by atoms with van der Waals surface area (Å²) >= 11 is 13.1. The number of nitrogens with one attached hydrogen (secondary N) is 1. The van der Waals surface area contributed by atoms with Crippen molar-refractivity contribution in [3.63, 3.8) is 0 Å². The van der Waals surface area contributed by atoms with Gasteiger partial charge >= 0.3 is 0 Å². The van der Waals surface area contributed by atoms with Crippen LogP contribution in [0.25, 0.3) is 16.7 Å². The second kappa shape index (κ2) is 7.66. The van der Waals surface area contributed by atoms with E-state index in [1.54, 1.807) is 30.5 Å². The van der Waals surface area contributed by atoms with E-state index in [0.29, 0.717) is 26.9 Å². The summed E-state index contributed by atoms with van der Waals surface area (Å²) in [6.45, 7) is 1.73. The largest absolute Gasteiger partial charge is 0.308 e. The van der Waals surface area contributed by atoms with Crippen LogP contribution in [0.3, 0.4) is 0 Å². The summed E-state index contributed by atoms with van der Waals surface area (Å²) in [5, 5.41) is 12.1. The number of pyridine rings is 1. The van der Waals surface area contributed by atoms with E-state index in [1.165, 1.54) is 28.6 Å². The van der Waals surface area contributed by atoms with Crippen LogP contribution in [0.15, 0.2) is 46.5 Å². The second-order valence-electron chi connectivity index (χ2n) is 6.23. The molecular formula is C18H14Cl2N6O2S. The van der Waals surface area contributed by atoms with Gasteiger partial charge in [-0.2, -0.15) is 0 Å². The van der Waals surface area contributed by atoms with Gasteiger partial charge < -0.3 is 5.32 Å². The molecule has 1 aromatic carbocycles. The maximum absolute atomic E-state index is 12.6. The molecule has 1 amide bonds. The van der Waals surface area contributed by atoms with Crippen LogP contribution in [0.5, 0.6) is 0 Å². The zero-order valence-corrected chi connectivity index (χ0v) is 17.6. The van der Waals surface area contributed by atoms with Gasteiger partial charge in [-0.1, -0.05) is 47.1 Å². The standard InChI is InChI=1S/C18H14Cl2N6O2S/c1-9(15(27)22-14-12(20)7-10(19)8-21-14)29-18-24-23-17-25(2)16(28)11-5-3-4-6-13(11)26(17)18/h3-9H,1-2H3,(H,21,22,27). The molecule has 0 radical (unpaired) electrons. The second-order valence-corrected chi connectivity index (χ2v) is 8.38. The van der Waals surface area contributed by atoms with E-state index in [9.17, 15) is 9.59 Å². The summed E-state index contributed by atoms with van der Waals surface area (Å²) in [6, 6.07) is 8.70. The van der Waals surface area contributed by atoms with Gasteiger partial charge in [-0.15, -0.1) is 10.2 Å². The molecule has 0 bridgehead atoms. The van der Waals surface area contributed by atoms with Gasteiger partial charge in [0.05, 0.1) is 26.2 Å². The van der Waals surface area contributed by atoms with E-state index >= 15 is 0 Å². The molecule has 1 atom stereocenters. The molecule has 4 rings (SSSR count). The fourth-order valence-corrected chi connectivity index (χ4v) is 4.11. The van der Waals surface area contributed by atoms with Crippen LogP contribution in [0.4, 0.5) is 5.82 Å². The lowest BCUT2D eigenvalue weighted by Gasteiger charge is -2.12. The predicted octanol–water partition coefficient (Wildman–Crippen LogP) is 3.40. The van der Waals surface area contributed by atoms with Gasteiger partial charge in [-0.05, 0) is 25.1 Å². The van der Waals surface area contributed by atoms with Gasteiger partial charge in [-0.3, -0.25) is 18.6 Å². The Hall–Kier alpha value is -2.62. The first-order chi connectivity index (χ1) is 13.9. The molecular weight excluding hydrogens is 435 g/mol. The fourth-order valence-electron chi connectivity index (χ4n) is 2.82. The number of amides is 1. The Bertz CT molecular complexity index is 1320. The first-order valence-electron chi connectivity index (χ1n) is 8.48. The van der Waals surface area contributed by atoms with E-state index in [-0.39, 0.29) is 22.3 Å². The van der Waals surface area contributed by atoms with Crippen molar-refractivity contribution >= 4 is 63.4 Å². The highest BCUT2D eigenvalue weighted by Gasteiger charge is 2.21. The minimum Gasteiger partial charge on any atom is -0.308 e. The summed E-state index contributed by atoms with van der Waals surface area (Å²) in [6.07, 6.45) is 1.40. The van der Waals surface area contributed by atoms with Crippen molar-refractivity contribution in [1.29, 1.82) is 0 Å². The quantitative estimate of drug-likeness (QED) is 0.480. The van der Waals surface area contributed by atoms with Gasteiger partial charge in [0.25, 0.3) is 5.56 Å². The zero-order valence-electron chi connectivity index (χ0n) is 15.3. The third kappa shape index (κ3) is 3.57. The highest BCUT2D eigenvalue weighted by Crippen LogP contribution is 2.27. The molecule has 0 aliphatic carbocycles. The minimum absolute atomic E-state index is 0.161. The SMILES string of the molecule is CC(Sc1nnc2n(C)c(=O)c3ccccc3n12)C(=O)Nc1ncc(Cl)cc1Cl. The number of aryl methyl sites for hydroxylation is 1. The Labute approximate surface area is 178 Å². The number of hydrogen-bond acceptors (Lipinski definition) is 6. The third-order valence-electron chi connectivity index (χ3n) is 4.30. The lowest BCUT2D eigenvalue weighted by Crippen LogP contribution is -2.24. The minimum atomic E-state index is -0.535. The lowest BCUT2D eigenvalue weighted by molar-refractivity contribution is -0.115. The molecule has 11 heteroatoms. The number of fused-ring (bicyclic) bond motifs is 3. The summed E-state index contributed by atoms with van der Waals surface area (Å²) in [5.74, 6) is 0.316. The topological polar surface area (TPSA) is 94.2 Å². The number of benzene rings is 1. The van der Waals surface area contributed by atoms with Gasteiger partial charge in [0.15, 0.2) is 11.0 Å². The van der Waals surface area contributed by atoms with Crippen LogP contribution in [0.2, 0.25) is 10.0 Å². The number of rotatable bonds is 4. The molecule has 1 unspecified atom stereocenters. The van der Waals surface area contributed by atoms with Crippen LogP contribution in [0.1, 0.15) is 6.92 Å². The van der Waals surface area contributed by atoms with Gasteiger partial charge in [0.2, 0.25) is 11.7 Å².